The van der Waals surface area contributed by atoms with Crippen molar-refractivity contribution in [1.29, 1.82) is 0 Å². The highest BCUT2D eigenvalue weighted by Crippen LogP contribution is 2.27. The van der Waals surface area contributed by atoms with Crippen LogP contribution in [0.2, 0.25) is 0 Å². The van der Waals surface area contributed by atoms with Crippen molar-refractivity contribution in [3.63, 3.8) is 0 Å². The third kappa shape index (κ3) is 3.63. The van der Waals surface area contributed by atoms with E-state index in [-0.39, 0.29) is 18.0 Å². The predicted molar refractivity (Wildman–Crippen MR) is 91.4 cm³/mol. The first-order chi connectivity index (χ1) is 13.8. The highest BCUT2D eigenvalue weighted by Gasteiger charge is 2.32. The first kappa shape index (κ1) is 18.5. The average molecular weight is 403 g/mol. The molecule has 1 amide bonds. The molecular weight excluding hydrogens is 391 g/mol. The molecule has 0 aromatic carbocycles. The number of nitrogens with zero attached hydrogens (tertiary/aromatic N) is 6. The van der Waals surface area contributed by atoms with E-state index in [1.54, 1.807) is 29.7 Å². The van der Waals surface area contributed by atoms with E-state index in [1.165, 1.54) is 0 Å². The summed E-state index contributed by atoms with van der Waals surface area (Å²) in [5.41, 5.74) is -0.0446. The summed E-state index contributed by atoms with van der Waals surface area (Å²) in [6, 6.07) is 5.28. The Morgan fingerprint density at radius 3 is 2.72 bits per heavy atom. The number of fused-ring (bicyclic) bond motifs is 1. The quantitative estimate of drug-likeness (QED) is 0.557. The lowest BCUT2D eigenvalue weighted by atomic mass is 10.2. The van der Waals surface area contributed by atoms with E-state index < -0.39 is 17.8 Å². The molecule has 12 heteroatoms. The number of alkyl halides is 3. The third-order valence-corrected chi connectivity index (χ3v) is 3.99. The number of halogens is 3. The van der Waals surface area contributed by atoms with Crippen LogP contribution in [0.15, 0.2) is 41.2 Å². The number of nitrogens with one attached hydrogen (secondary N) is 1. The lowest BCUT2D eigenvalue weighted by molar-refractivity contribution is -0.141. The van der Waals surface area contributed by atoms with Gasteiger partial charge in [-0.2, -0.15) is 18.2 Å². The molecule has 0 fully saturated rings. The maximum absolute atomic E-state index is 12.6. The van der Waals surface area contributed by atoms with Crippen LogP contribution in [0.1, 0.15) is 27.7 Å². The molecule has 0 radical (unpaired) electrons. The minimum absolute atomic E-state index is 0.00570. The zero-order valence-electron chi connectivity index (χ0n) is 14.8. The number of carbonyl (C=O) groups is 1. The molecule has 0 spiro atoms. The molecule has 0 unspecified atom stereocenters. The van der Waals surface area contributed by atoms with E-state index in [9.17, 15) is 18.0 Å². The lowest BCUT2D eigenvalue weighted by Gasteiger charge is -2.07. The Balaban J connectivity index is 1.52. The normalized spacial score (nSPS) is 11.7. The molecule has 0 bridgehead atoms. The molecule has 4 aromatic heterocycles. The van der Waals surface area contributed by atoms with Crippen LogP contribution >= 0.6 is 0 Å². The fourth-order valence-electron chi connectivity index (χ4n) is 2.62. The zero-order chi connectivity index (χ0) is 20.6. The Bertz CT molecular complexity index is 1180. The van der Waals surface area contributed by atoms with Crippen LogP contribution in [0.3, 0.4) is 0 Å². The molecule has 9 nitrogen and oxygen atoms in total. The Labute approximate surface area is 160 Å². The van der Waals surface area contributed by atoms with Gasteiger partial charge in [0.1, 0.15) is 5.69 Å². The van der Waals surface area contributed by atoms with Gasteiger partial charge in [0.05, 0.1) is 17.7 Å². The van der Waals surface area contributed by atoms with Gasteiger partial charge in [0, 0.05) is 12.4 Å². The second-order valence-electron chi connectivity index (χ2n) is 5.99. The molecule has 0 aliphatic heterocycles. The summed E-state index contributed by atoms with van der Waals surface area (Å²) in [5.74, 6) is 0.573. The van der Waals surface area contributed by atoms with Gasteiger partial charge in [-0.1, -0.05) is 5.16 Å². The maximum Gasteiger partial charge on any atom is 0.433 e. The van der Waals surface area contributed by atoms with Crippen LogP contribution in [-0.2, 0) is 12.7 Å². The zero-order valence-corrected chi connectivity index (χ0v) is 14.8. The van der Waals surface area contributed by atoms with Gasteiger partial charge >= 0.3 is 6.18 Å². The minimum Gasteiger partial charge on any atom is -0.345 e. The highest BCUT2D eigenvalue weighted by molar-refractivity contribution is 5.93. The van der Waals surface area contributed by atoms with Gasteiger partial charge in [-0.3, -0.25) is 14.2 Å². The number of hydrogen-bond donors (Lipinski definition) is 1. The topological polar surface area (TPSA) is 111 Å². The first-order valence-electron chi connectivity index (χ1n) is 8.27. The monoisotopic (exact) mass is 403 g/mol. The molecule has 0 saturated heterocycles. The van der Waals surface area contributed by atoms with Crippen LogP contribution in [-0.4, -0.2) is 35.6 Å². The number of amides is 1. The van der Waals surface area contributed by atoms with Crippen molar-refractivity contribution >= 4 is 11.6 Å². The fraction of sp³-hybridized carbons (Fsp3) is 0.176. The van der Waals surface area contributed by atoms with Crippen molar-refractivity contribution < 1.29 is 22.5 Å². The van der Waals surface area contributed by atoms with Crippen LogP contribution in [0.5, 0.6) is 0 Å². The van der Waals surface area contributed by atoms with Crippen molar-refractivity contribution in [2.45, 2.75) is 19.6 Å². The molecule has 0 atom stereocenters. The number of aryl methyl sites for hydroxylation is 1. The molecule has 0 aliphatic rings. The van der Waals surface area contributed by atoms with Crippen molar-refractivity contribution in [2.24, 2.45) is 0 Å². The lowest BCUT2D eigenvalue weighted by Crippen LogP contribution is -2.24. The summed E-state index contributed by atoms with van der Waals surface area (Å²) >= 11 is 0. The van der Waals surface area contributed by atoms with Crippen molar-refractivity contribution in [3.05, 3.63) is 59.6 Å². The smallest absolute Gasteiger partial charge is 0.345 e. The van der Waals surface area contributed by atoms with Crippen LogP contribution in [0.4, 0.5) is 13.2 Å². The standard InChI is InChI=1S/C17H12F3N7O2/c1-9-23-16(29-26-9)11-3-2-6-27-13(24-25-14(11)27)8-22-15(28)10-4-5-12(21-7-10)17(18,19)20/h2-7H,8H2,1H3,(H,22,28). The number of pyridine rings is 2. The van der Waals surface area contributed by atoms with E-state index in [1.807, 2.05) is 0 Å². The Morgan fingerprint density at radius 1 is 1.24 bits per heavy atom. The van der Waals surface area contributed by atoms with Crippen molar-refractivity contribution in [1.82, 2.24) is 35.0 Å². The largest absolute Gasteiger partial charge is 0.433 e. The second kappa shape index (κ2) is 6.96. The molecule has 4 heterocycles. The second-order valence-corrected chi connectivity index (χ2v) is 5.99. The average Bonchev–Trinajstić information content (AvgIpc) is 3.31. The summed E-state index contributed by atoms with van der Waals surface area (Å²) in [6.07, 6.45) is -2.00. The third-order valence-electron chi connectivity index (χ3n) is 3.99. The van der Waals surface area contributed by atoms with Crippen molar-refractivity contribution in [3.8, 4) is 11.5 Å². The predicted octanol–water partition coefficient (Wildman–Crippen LogP) is 2.43. The fourth-order valence-corrected chi connectivity index (χ4v) is 2.62. The summed E-state index contributed by atoms with van der Waals surface area (Å²) in [4.78, 5) is 19.6. The highest BCUT2D eigenvalue weighted by atomic mass is 19.4. The summed E-state index contributed by atoms with van der Waals surface area (Å²) in [5, 5.41) is 14.5. The molecular formula is C17H12F3N7O2. The Hall–Kier alpha value is -3.83. The molecule has 1 N–H and O–H groups in total. The molecule has 0 aliphatic carbocycles. The van der Waals surface area contributed by atoms with Gasteiger partial charge in [-0.15, -0.1) is 10.2 Å². The van der Waals surface area contributed by atoms with Crippen LogP contribution < -0.4 is 5.32 Å². The van der Waals surface area contributed by atoms with E-state index in [0.29, 0.717) is 22.9 Å². The van der Waals surface area contributed by atoms with Crippen LogP contribution in [0.25, 0.3) is 17.1 Å². The minimum atomic E-state index is -4.57. The van der Waals surface area contributed by atoms with Gasteiger partial charge in [-0.05, 0) is 31.2 Å². The van der Waals surface area contributed by atoms with Gasteiger partial charge in [0.25, 0.3) is 11.8 Å². The van der Waals surface area contributed by atoms with E-state index >= 15 is 0 Å². The Kier molecular flexibility index (Phi) is 4.45. The molecule has 0 saturated carbocycles. The number of carbonyl (C=O) groups excluding carboxylic acids is 1. The molecule has 148 valence electrons. The molecule has 4 aromatic rings. The number of rotatable bonds is 4. The van der Waals surface area contributed by atoms with Gasteiger partial charge in [-0.25, -0.2) is 0 Å². The number of aromatic nitrogens is 6. The van der Waals surface area contributed by atoms with Gasteiger partial charge < -0.3 is 9.84 Å². The first-order valence-corrected chi connectivity index (χ1v) is 8.27. The van der Waals surface area contributed by atoms with E-state index in [0.717, 1.165) is 18.3 Å². The SMILES string of the molecule is Cc1noc(-c2cccn3c(CNC(=O)c4ccc(C(F)(F)F)nc4)nnc23)n1. The number of hydrogen-bond acceptors (Lipinski definition) is 7. The summed E-state index contributed by atoms with van der Waals surface area (Å²) in [6.45, 7) is 1.68. The molecule has 4 rings (SSSR count). The van der Waals surface area contributed by atoms with Gasteiger partial charge in [0.15, 0.2) is 17.3 Å². The summed E-state index contributed by atoms with van der Waals surface area (Å²) in [7, 11) is 0. The maximum atomic E-state index is 12.6. The Morgan fingerprint density at radius 2 is 2.07 bits per heavy atom. The summed E-state index contributed by atoms with van der Waals surface area (Å²) < 4.78 is 44.5. The van der Waals surface area contributed by atoms with E-state index in [2.05, 4.69) is 30.6 Å². The van der Waals surface area contributed by atoms with Gasteiger partial charge in [0.2, 0.25) is 0 Å². The molecule has 29 heavy (non-hydrogen) atoms. The van der Waals surface area contributed by atoms with Crippen LogP contribution in [0, 0.1) is 6.92 Å². The van der Waals surface area contributed by atoms with Crippen molar-refractivity contribution in [2.75, 3.05) is 0 Å². The van der Waals surface area contributed by atoms with E-state index in [4.69, 9.17) is 4.52 Å².